The van der Waals surface area contributed by atoms with E-state index in [1.54, 1.807) is 6.08 Å². The molecule has 12 heteroatoms. The van der Waals surface area contributed by atoms with Gasteiger partial charge >= 0.3 is 23.9 Å². The van der Waals surface area contributed by atoms with Crippen molar-refractivity contribution < 1.29 is 58.2 Å². The third-order valence-electron chi connectivity index (χ3n) is 15.0. The molecule has 476 valence electrons. The molecule has 0 aromatic heterocycles. The van der Waals surface area contributed by atoms with Crippen LogP contribution in [0.4, 0.5) is 0 Å². The van der Waals surface area contributed by atoms with Crippen LogP contribution in [-0.4, -0.2) is 89.2 Å². The molecule has 1 fully saturated rings. The van der Waals surface area contributed by atoms with Crippen LogP contribution >= 0.6 is 0 Å². The summed E-state index contributed by atoms with van der Waals surface area (Å²) >= 11 is 0. The monoisotopic (exact) mass is 1160 g/mol. The van der Waals surface area contributed by atoms with Crippen LogP contribution in [0.25, 0.3) is 0 Å². The number of esters is 3. The first kappa shape index (κ1) is 76.9. The van der Waals surface area contributed by atoms with Gasteiger partial charge in [0, 0.05) is 12.8 Å². The number of carbonyl (C=O) groups is 4. The van der Waals surface area contributed by atoms with Crippen molar-refractivity contribution >= 4 is 23.9 Å². The SMILES string of the molecule is CC/C=C\C/C=C\C/C=C\C/C=C\C/C=C\CC(=O)OC(COC(=O)CCCCCCCCCCC/C=C\C/C=C\CCCCC)COC1OC(C(=O)O)C(O)C(O)C1OC(=O)CCCCCCCCCCCCCCCCCCCCC. The fraction of sp³-hybridized carbons (Fsp3) is 0.746. The zero-order chi connectivity index (χ0) is 60.3. The second-order valence-electron chi connectivity index (χ2n) is 22.7. The highest BCUT2D eigenvalue weighted by atomic mass is 16.7. The zero-order valence-corrected chi connectivity index (χ0v) is 52.7. The fourth-order valence-corrected chi connectivity index (χ4v) is 9.89. The van der Waals surface area contributed by atoms with Crippen molar-refractivity contribution in [2.75, 3.05) is 13.2 Å². The van der Waals surface area contributed by atoms with Crippen molar-refractivity contribution in [1.29, 1.82) is 0 Å². The van der Waals surface area contributed by atoms with Crippen LogP contribution in [0.3, 0.4) is 0 Å². The van der Waals surface area contributed by atoms with Gasteiger partial charge in [-0.25, -0.2) is 4.79 Å². The maximum absolute atomic E-state index is 13.1. The second kappa shape index (κ2) is 58.3. The van der Waals surface area contributed by atoms with E-state index in [0.717, 1.165) is 83.5 Å². The Hall–Kier alpha value is -4.10. The minimum Gasteiger partial charge on any atom is -0.479 e. The largest absolute Gasteiger partial charge is 0.479 e. The van der Waals surface area contributed by atoms with Crippen LogP contribution in [0.2, 0.25) is 0 Å². The quantitative estimate of drug-likeness (QED) is 0.0228. The molecule has 0 aromatic carbocycles. The summed E-state index contributed by atoms with van der Waals surface area (Å²) in [7, 11) is 0. The van der Waals surface area contributed by atoms with E-state index in [0.29, 0.717) is 19.3 Å². The molecule has 0 saturated carbocycles. The number of carboxylic acid groups (broad SMARTS) is 1. The Morgan fingerprint density at radius 3 is 1.24 bits per heavy atom. The van der Waals surface area contributed by atoms with E-state index >= 15 is 0 Å². The molecular formula is C71H120O12. The van der Waals surface area contributed by atoms with E-state index < -0.39 is 67.3 Å². The summed E-state index contributed by atoms with van der Waals surface area (Å²) in [6, 6.07) is 0. The van der Waals surface area contributed by atoms with E-state index in [2.05, 4.69) is 87.6 Å². The molecule has 83 heavy (non-hydrogen) atoms. The molecular weight excluding hydrogens is 1040 g/mol. The van der Waals surface area contributed by atoms with Gasteiger partial charge < -0.3 is 39.0 Å². The topological polar surface area (TPSA) is 175 Å². The predicted molar refractivity (Wildman–Crippen MR) is 340 cm³/mol. The van der Waals surface area contributed by atoms with Crippen LogP contribution in [0.15, 0.2) is 85.1 Å². The summed E-state index contributed by atoms with van der Waals surface area (Å²) < 4.78 is 28.4. The number of aliphatic hydroxyl groups excluding tert-OH is 2. The Morgan fingerprint density at radius 1 is 0.422 bits per heavy atom. The molecule has 12 nitrogen and oxygen atoms in total. The molecule has 1 rings (SSSR count). The maximum Gasteiger partial charge on any atom is 0.335 e. The lowest BCUT2D eigenvalue weighted by atomic mass is 9.98. The van der Waals surface area contributed by atoms with Gasteiger partial charge in [-0.05, 0) is 77.0 Å². The lowest BCUT2D eigenvalue weighted by Gasteiger charge is -2.40. The molecule has 0 spiro atoms. The molecule has 1 aliphatic heterocycles. The summed E-state index contributed by atoms with van der Waals surface area (Å²) in [5, 5.41) is 31.6. The van der Waals surface area contributed by atoms with Crippen LogP contribution in [0.5, 0.6) is 0 Å². The minimum atomic E-state index is -1.92. The molecule has 0 amide bonds. The third-order valence-corrected chi connectivity index (χ3v) is 15.0. The van der Waals surface area contributed by atoms with E-state index in [4.69, 9.17) is 23.7 Å². The molecule has 0 aromatic rings. The normalized spacial score (nSPS) is 18.1. The van der Waals surface area contributed by atoms with Crippen LogP contribution in [-0.2, 0) is 42.9 Å². The number of hydrogen-bond acceptors (Lipinski definition) is 11. The summed E-state index contributed by atoms with van der Waals surface area (Å²) in [6.07, 6.45) is 64.3. The summed E-state index contributed by atoms with van der Waals surface area (Å²) in [6.45, 7) is 5.81. The molecule has 1 saturated heterocycles. The number of unbranched alkanes of at least 4 members (excludes halogenated alkanes) is 30. The number of aliphatic carboxylic acids is 1. The number of carboxylic acids is 1. The van der Waals surface area contributed by atoms with E-state index in [1.807, 2.05) is 12.2 Å². The number of hydrogen-bond donors (Lipinski definition) is 3. The predicted octanol–water partition coefficient (Wildman–Crippen LogP) is 18.2. The van der Waals surface area contributed by atoms with Crippen LogP contribution in [0, 0.1) is 0 Å². The third kappa shape index (κ3) is 47.8. The zero-order valence-electron chi connectivity index (χ0n) is 52.7. The van der Waals surface area contributed by atoms with Gasteiger partial charge in [-0.15, -0.1) is 0 Å². The average Bonchev–Trinajstić information content (AvgIpc) is 3.60. The number of rotatable bonds is 57. The highest BCUT2D eigenvalue weighted by Crippen LogP contribution is 2.27. The van der Waals surface area contributed by atoms with Crippen molar-refractivity contribution in [2.45, 2.75) is 327 Å². The van der Waals surface area contributed by atoms with Gasteiger partial charge in [0.05, 0.1) is 13.0 Å². The molecule has 1 heterocycles. The smallest absolute Gasteiger partial charge is 0.335 e. The Morgan fingerprint density at radius 2 is 0.795 bits per heavy atom. The number of ether oxygens (including phenoxy) is 5. The van der Waals surface area contributed by atoms with Crippen molar-refractivity contribution in [3.05, 3.63) is 85.1 Å². The number of aliphatic hydroxyl groups is 2. The molecule has 6 unspecified atom stereocenters. The van der Waals surface area contributed by atoms with Crippen LogP contribution in [0.1, 0.15) is 290 Å². The summed E-state index contributed by atoms with van der Waals surface area (Å²) in [5.74, 6) is -3.28. The molecule has 1 aliphatic rings. The minimum absolute atomic E-state index is 0.0511. The Kier molecular flexibility index (Phi) is 54.0. The van der Waals surface area contributed by atoms with Crippen molar-refractivity contribution in [2.24, 2.45) is 0 Å². The second-order valence-corrected chi connectivity index (χ2v) is 22.7. The van der Waals surface area contributed by atoms with Gasteiger partial charge in [0.15, 0.2) is 24.6 Å². The van der Waals surface area contributed by atoms with Gasteiger partial charge in [-0.1, -0.05) is 279 Å². The number of allylic oxidation sites excluding steroid dienone is 13. The van der Waals surface area contributed by atoms with Gasteiger partial charge in [-0.2, -0.15) is 0 Å². The average molecular weight is 1170 g/mol. The molecule has 0 aliphatic carbocycles. The summed E-state index contributed by atoms with van der Waals surface area (Å²) in [4.78, 5) is 51.3. The maximum atomic E-state index is 13.1. The first-order valence-corrected chi connectivity index (χ1v) is 33.6. The lowest BCUT2D eigenvalue weighted by Crippen LogP contribution is -2.61. The molecule has 0 bridgehead atoms. The van der Waals surface area contributed by atoms with Gasteiger partial charge in [0.1, 0.15) is 18.8 Å². The van der Waals surface area contributed by atoms with Gasteiger partial charge in [0.25, 0.3) is 0 Å². The molecule has 6 atom stereocenters. The fourth-order valence-electron chi connectivity index (χ4n) is 9.89. The first-order chi connectivity index (χ1) is 40.6. The molecule has 3 N–H and O–H groups in total. The Labute approximate surface area is 505 Å². The van der Waals surface area contributed by atoms with Crippen molar-refractivity contribution in [1.82, 2.24) is 0 Å². The summed E-state index contributed by atoms with van der Waals surface area (Å²) in [5.41, 5.74) is 0. The lowest BCUT2D eigenvalue weighted by molar-refractivity contribution is -0.301. The van der Waals surface area contributed by atoms with Crippen LogP contribution < -0.4 is 0 Å². The van der Waals surface area contributed by atoms with E-state index in [1.165, 1.54) is 148 Å². The van der Waals surface area contributed by atoms with Gasteiger partial charge in [-0.3, -0.25) is 14.4 Å². The highest BCUT2D eigenvalue weighted by molar-refractivity contribution is 5.74. The van der Waals surface area contributed by atoms with E-state index in [-0.39, 0.29) is 25.9 Å². The Balaban J connectivity index is 2.67. The van der Waals surface area contributed by atoms with Crippen molar-refractivity contribution in [3.8, 4) is 0 Å². The van der Waals surface area contributed by atoms with Crippen molar-refractivity contribution in [3.63, 3.8) is 0 Å². The first-order valence-electron chi connectivity index (χ1n) is 33.6. The molecule has 0 radical (unpaired) electrons. The standard InChI is InChI=1S/C71H120O12/c1-4-7-10-13-16-19-22-25-28-30-32-34-37-39-42-45-48-51-54-57-63(72)79-60-62(81-64(73)58-55-52-49-46-43-40-36-27-24-21-18-15-12-9-6-3)61-80-71-69(67(76)66(75)68(83-71)70(77)78)82-65(74)59-56-53-50-47-44-41-38-35-33-31-29-26-23-20-17-14-11-8-5-2/h9,12,16,18-19,21,25,27-28,36,43,46,52,55,62,66-69,71,75-76H,4-8,10-11,13-15,17,20,22-24,26,29-35,37-42,44-45,47-51,53-54,56-61H2,1-3H3,(H,77,78)/b12-9-,19-16-,21-18-,28-25-,36-27-,46-43-,55-52-. The highest BCUT2D eigenvalue weighted by Gasteiger charge is 2.50. The Bertz CT molecular complexity index is 1760. The van der Waals surface area contributed by atoms with Gasteiger partial charge in [0.2, 0.25) is 0 Å². The number of carbonyl (C=O) groups excluding carboxylic acids is 3. The van der Waals surface area contributed by atoms with E-state index in [9.17, 15) is 34.5 Å².